The number of anilines is 1. The third kappa shape index (κ3) is 4.80. The van der Waals surface area contributed by atoms with Gasteiger partial charge in [0, 0.05) is 38.4 Å². The van der Waals surface area contributed by atoms with Crippen LogP contribution in [0.2, 0.25) is 0 Å². The van der Waals surface area contributed by atoms with Gasteiger partial charge in [-0.2, -0.15) is 13.2 Å². The lowest BCUT2D eigenvalue weighted by molar-refractivity contribution is -0.145. The molecule has 0 unspecified atom stereocenters. The Kier molecular flexibility index (Phi) is 6.23. The molecule has 11 heteroatoms. The summed E-state index contributed by atoms with van der Waals surface area (Å²) in [5.74, 6) is -2.49. The van der Waals surface area contributed by atoms with Crippen molar-refractivity contribution < 1.29 is 32.3 Å². The number of alkyl halides is 3. The number of imide groups is 2. The number of nitrogens with zero attached hydrogens (tertiary/aromatic N) is 4. The van der Waals surface area contributed by atoms with Crippen molar-refractivity contribution in [3.05, 3.63) is 29.8 Å². The Balaban J connectivity index is 1.59. The molecule has 2 aliphatic rings. The predicted molar refractivity (Wildman–Crippen MR) is 104 cm³/mol. The first kappa shape index (κ1) is 22.6. The molecule has 0 spiro atoms. The summed E-state index contributed by atoms with van der Waals surface area (Å²) in [5, 5.41) is 0. The smallest absolute Gasteiger partial charge is 0.368 e. The standard InChI is InChI=1S/C20H23F3N4O4/c1-13(2)11-26-17(29)18(30)27(19(26)31)12-16(28)25-8-6-24(7-9-25)15-5-3-4-14(10-15)20(21,22)23/h3-5,10,13H,6-9,11-12H2,1-2H3. The third-order valence-electron chi connectivity index (χ3n) is 5.15. The van der Waals surface area contributed by atoms with E-state index in [1.165, 1.54) is 11.0 Å². The number of rotatable bonds is 5. The summed E-state index contributed by atoms with van der Waals surface area (Å²) in [7, 11) is 0. The molecule has 0 radical (unpaired) electrons. The number of halogens is 3. The molecule has 1 aromatic carbocycles. The second-order valence-electron chi connectivity index (χ2n) is 7.90. The Morgan fingerprint density at radius 2 is 1.61 bits per heavy atom. The van der Waals surface area contributed by atoms with Gasteiger partial charge in [0.25, 0.3) is 0 Å². The second kappa shape index (κ2) is 8.56. The minimum absolute atomic E-state index is 0.0275. The number of hydrogen-bond acceptors (Lipinski definition) is 5. The molecule has 2 fully saturated rings. The highest BCUT2D eigenvalue weighted by molar-refractivity contribution is 6.45. The Morgan fingerprint density at radius 3 is 2.19 bits per heavy atom. The van der Waals surface area contributed by atoms with Gasteiger partial charge < -0.3 is 9.80 Å². The summed E-state index contributed by atoms with van der Waals surface area (Å²) in [6, 6.07) is 4.16. The van der Waals surface area contributed by atoms with E-state index >= 15 is 0 Å². The summed E-state index contributed by atoms with van der Waals surface area (Å²) in [6.07, 6.45) is -4.44. The number of carbonyl (C=O) groups is 4. The monoisotopic (exact) mass is 440 g/mol. The highest BCUT2D eigenvalue weighted by Gasteiger charge is 2.45. The molecule has 168 valence electrons. The first-order valence-electron chi connectivity index (χ1n) is 9.86. The third-order valence-corrected chi connectivity index (χ3v) is 5.15. The average molecular weight is 440 g/mol. The zero-order valence-electron chi connectivity index (χ0n) is 17.2. The Hall–Kier alpha value is -3.11. The molecule has 3 rings (SSSR count). The fourth-order valence-corrected chi connectivity index (χ4v) is 3.54. The molecule has 0 saturated carbocycles. The molecule has 5 amide bonds. The van der Waals surface area contributed by atoms with Gasteiger partial charge in [-0.05, 0) is 24.1 Å². The maximum Gasteiger partial charge on any atom is 0.416 e. The molecule has 0 bridgehead atoms. The van der Waals surface area contributed by atoms with E-state index in [4.69, 9.17) is 0 Å². The molecule has 0 atom stereocenters. The Bertz CT molecular complexity index is 895. The molecule has 2 heterocycles. The van der Waals surface area contributed by atoms with Crippen LogP contribution in [0.4, 0.5) is 23.7 Å². The Morgan fingerprint density at radius 1 is 1.00 bits per heavy atom. The molecular formula is C20H23F3N4O4. The van der Waals surface area contributed by atoms with Crippen molar-refractivity contribution >= 4 is 29.4 Å². The van der Waals surface area contributed by atoms with Crippen LogP contribution in [0.15, 0.2) is 24.3 Å². The van der Waals surface area contributed by atoms with Crippen LogP contribution in [0.25, 0.3) is 0 Å². The predicted octanol–water partition coefficient (Wildman–Crippen LogP) is 1.80. The topological polar surface area (TPSA) is 81.2 Å². The van der Waals surface area contributed by atoms with Crippen LogP contribution < -0.4 is 4.90 Å². The number of piperazine rings is 1. The van der Waals surface area contributed by atoms with Crippen molar-refractivity contribution in [2.75, 3.05) is 44.2 Å². The van der Waals surface area contributed by atoms with E-state index in [1.807, 2.05) is 0 Å². The van der Waals surface area contributed by atoms with Crippen molar-refractivity contribution in [2.45, 2.75) is 20.0 Å². The van der Waals surface area contributed by atoms with E-state index in [1.54, 1.807) is 24.8 Å². The molecule has 2 aliphatic heterocycles. The van der Waals surface area contributed by atoms with Crippen molar-refractivity contribution in [1.82, 2.24) is 14.7 Å². The summed E-state index contributed by atoms with van der Waals surface area (Å²) in [5.41, 5.74) is -0.341. The van der Waals surface area contributed by atoms with Crippen molar-refractivity contribution in [1.29, 1.82) is 0 Å². The fourth-order valence-electron chi connectivity index (χ4n) is 3.54. The number of carbonyl (C=O) groups excluding carboxylic acids is 4. The van der Waals surface area contributed by atoms with Gasteiger partial charge in [-0.25, -0.2) is 9.69 Å². The minimum atomic E-state index is -4.44. The largest absolute Gasteiger partial charge is 0.416 e. The highest BCUT2D eigenvalue weighted by Crippen LogP contribution is 2.31. The SMILES string of the molecule is CC(C)CN1C(=O)C(=O)N(CC(=O)N2CCN(c3cccc(C(F)(F)F)c3)CC2)C1=O. The number of hydrogen-bond donors (Lipinski definition) is 0. The number of urea groups is 1. The molecule has 31 heavy (non-hydrogen) atoms. The van der Waals surface area contributed by atoms with E-state index in [9.17, 15) is 32.3 Å². The molecular weight excluding hydrogens is 417 g/mol. The quantitative estimate of drug-likeness (QED) is 0.515. The van der Waals surface area contributed by atoms with E-state index in [-0.39, 0.29) is 25.6 Å². The maximum atomic E-state index is 12.9. The molecule has 8 nitrogen and oxygen atoms in total. The van der Waals surface area contributed by atoms with Crippen LogP contribution in [0, 0.1) is 5.92 Å². The van der Waals surface area contributed by atoms with Gasteiger partial charge in [0.15, 0.2) is 0 Å². The summed E-state index contributed by atoms with van der Waals surface area (Å²) in [4.78, 5) is 53.8. The van der Waals surface area contributed by atoms with Crippen LogP contribution in [0.3, 0.4) is 0 Å². The van der Waals surface area contributed by atoms with E-state index < -0.39 is 42.0 Å². The van der Waals surface area contributed by atoms with Crippen molar-refractivity contribution in [2.24, 2.45) is 5.92 Å². The van der Waals surface area contributed by atoms with Crippen LogP contribution in [-0.2, 0) is 20.6 Å². The van der Waals surface area contributed by atoms with E-state index in [0.717, 1.165) is 17.0 Å². The summed E-state index contributed by atoms with van der Waals surface area (Å²) >= 11 is 0. The normalized spacial score (nSPS) is 17.9. The fraction of sp³-hybridized carbons (Fsp3) is 0.500. The van der Waals surface area contributed by atoms with Crippen LogP contribution >= 0.6 is 0 Å². The van der Waals surface area contributed by atoms with Crippen molar-refractivity contribution in [3.63, 3.8) is 0 Å². The molecule has 0 N–H and O–H groups in total. The van der Waals surface area contributed by atoms with E-state index in [0.29, 0.717) is 23.7 Å². The molecule has 2 saturated heterocycles. The maximum absolute atomic E-state index is 12.9. The second-order valence-corrected chi connectivity index (χ2v) is 7.90. The number of benzene rings is 1. The minimum Gasteiger partial charge on any atom is -0.368 e. The summed E-state index contributed by atoms with van der Waals surface area (Å²) < 4.78 is 38.8. The lowest BCUT2D eigenvalue weighted by atomic mass is 10.1. The molecule has 0 aromatic heterocycles. The van der Waals surface area contributed by atoms with Gasteiger partial charge in [-0.1, -0.05) is 19.9 Å². The zero-order chi connectivity index (χ0) is 22.9. The van der Waals surface area contributed by atoms with Crippen molar-refractivity contribution in [3.8, 4) is 0 Å². The Labute approximate surface area is 177 Å². The highest BCUT2D eigenvalue weighted by atomic mass is 19.4. The summed E-state index contributed by atoms with van der Waals surface area (Å²) in [6.45, 7) is 4.17. The van der Waals surface area contributed by atoms with Gasteiger partial charge >= 0.3 is 24.0 Å². The lowest BCUT2D eigenvalue weighted by Gasteiger charge is -2.36. The van der Waals surface area contributed by atoms with Gasteiger partial charge in [0.05, 0.1) is 5.56 Å². The van der Waals surface area contributed by atoms with E-state index in [2.05, 4.69) is 0 Å². The zero-order valence-corrected chi connectivity index (χ0v) is 17.2. The van der Waals surface area contributed by atoms with Gasteiger partial charge in [-0.3, -0.25) is 19.3 Å². The average Bonchev–Trinajstić information content (AvgIpc) is 2.91. The van der Waals surface area contributed by atoms with Gasteiger partial charge in [0.2, 0.25) is 5.91 Å². The lowest BCUT2D eigenvalue weighted by Crippen LogP contribution is -2.52. The number of amides is 5. The molecule has 0 aliphatic carbocycles. The molecule has 1 aromatic rings. The van der Waals surface area contributed by atoms with Gasteiger partial charge in [-0.15, -0.1) is 0 Å². The van der Waals surface area contributed by atoms with Crippen LogP contribution in [0.1, 0.15) is 19.4 Å². The first-order chi connectivity index (χ1) is 14.5. The first-order valence-corrected chi connectivity index (χ1v) is 9.86. The van der Waals surface area contributed by atoms with Crippen LogP contribution in [0.5, 0.6) is 0 Å². The van der Waals surface area contributed by atoms with Gasteiger partial charge in [0.1, 0.15) is 6.54 Å². The van der Waals surface area contributed by atoms with Crippen LogP contribution in [-0.4, -0.2) is 77.7 Å².